The number of methoxy groups -OCH3 is 1. The fourth-order valence-corrected chi connectivity index (χ4v) is 3.16. The zero-order chi connectivity index (χ0) is 19.4. The number of ether oxygens (including phenoxy) is 1. The monoisotopic (exact) mass is 366 g/mol. The van der Waals surface area contributed by atoms with Gasteiger partial charge in [0.25, 0.3) is 0 Å². The fourth-order valence-electron chi connectivity index (χ4n) is 3.16. The molecule has 0 aliphatic carbocycles. The largest absolute Gasteiger partial charge is 0.497 e. The molecular formula is C22H26N2O3. The van der Waals surface area contributed by atoms with E-state index in [1.54, 1.807) is 13.4 Å². The van der Waals surface area contributed by atoms with E-state index in [4.69, 9.17) is 9.15 Å². The van der Waals surface area contributed by atoms with Gasteiger partial charge in [-0.2, -0.15) is 0 Å². The van der Waals surface area contributed by atoms with Crippen molar-refractivity contribution in [1.29, 1.82) is 0 Å². The van der Waals surface area contributed by atoms with E-state index in [0.29, 0.717) is 6.54 Å². The lowest BCUT2D eigenvalue weighted by atomic mass is 9.97. The summed E-state index contributed by atoms with van der Waals surface area (Å²) >= 11 is 0. The molecule has 2 aromatic carbocycles. The smallest absolute Gasteiger partial charge is 0.227 e. The lowest BCUT2D eigenvalue weighted by Gasteiger charge is -2.23. The van der Waals surface area contributed by atoms with Crippen LogP contribution >= 0.6 is 0 Å². The minimum absolute atomic E-state index is 0.000202. The second-order valence-corrected chi connectivity index (χ2v) is 6.93. The van der Waals surface area contributed by atoms with Gasteiger partial charge in [0.2, 0.25) is 5.91 Å². The number of rotatable bonds is 7. The third-order valence-corrected chi connectivity index (χ3v) is 4.93. The summed E-state index contributed by atoms with van der Waals surface area (Å²) in [4.78, 5) is 14.7. The highest BCUT2D eigenvalue weighted by atomic mass is 16.5. The van der Waals surface area contributed by atoms with Crippen LogP contribution in [0.1, 0.15) is 30.2 Å². The molecule has 0 spiro atoms. The Balaban J connectivity index is 1.70. The molecule has 0 saturated carbocycles. The molecule has 0 radical (unpaired) electrons. The molecule has 0 fully saturated rings. The van der Waals surface area contributed by atoms with Crippen molar-refractivity contribution in [2.75, 3.05) is 27.7 Å². The lowest BCUT2D eigenvalue weighted by molar-refractivity contribution is -0.122. The van der Waals surface area contributed by atoms with Crippen LogP contribution in [0.15, 0.2) is 59.2 Å². The predicted molar refractivity (Wildman–Crippen MR) is 107 cm³/mol. The summed E-state index contributed by atoms with van der Waals surface area (Å²) in [6, 6.07) is 15.8. The van der Waals surface area contributed by atoms with Crippen molar-refractivity contribution in [3.63, 3.8) is 0 Å². The summed E-state index contributed by atoms with van der Waals surface area (Å²) in [7, 11) is 5.60. The van der Waals surface area contributed by atoms with E-state index >= 15 is 0 Å². The second-order valence-electron chi connectivity index (χ2n) is 6.93. The highest BCUT2D eigenvalue weighted by Gasteiger charge is 2.21. The number of nitrogens with zero attached hydrogens (tertiary/aromatic N) is 1. The highest BCUT2D eigenvalue weighted by molar-refractivity contribution is 5.88. The first-order valence-corrected chi connectivity index (χ1v) is 9.05. The van der Waals surface area contributed by atoms with E-state index in [1.807, 2.05) is 68.4 Å². The van der Waals surface area contributed by atoms with Crippen LogP contribution in [0.4, 0.5) is 0 Å². The Morgan fingerprint density at radius 2 is 1.89 bits per heavy atom. The molecule has 1 aromatic heterocycles. The van der Waals surface area contributed by atoms with Crippen LogP contribution in [0.3, 0.4) is 0 Å². The van der Waals surface area contributed by atoms with Crippen molar-refractivity contribution in [2.24, 2.45) is 0 Å². The van der Waals surface area contributed by atoms with E-state index in [1.165, 1.54) is 0 Å². The molecule has 1 heterocycles. The van der Waals surface area contributed by atoms with Gasteiger partial charge >= 0.3 is 0 Å². The first-order chi connectivity index (χ1) is 13.0. The van der Waals surface area contributed by atoms with Crippen LogP contribution < -0.4 is 10.1 Å². The Bertz CT molecular complexity index is 903. The SMILES string of the molecule is COc1ccc2cc([C@H](C)C(=O)NCC(c3ccco3)N(C)C)ccc2c1. The molecule has 1 amide bonds. The van der Waals surface area contributed by atoms with Crippen LogP contribution in [-0.4, -0.2) is 38.6 Å². The minimum atomic E-state index is -0.240. The average molecular weight is 366 g/mol. The summed E-state index contributed by atoms with van der Waals surface area (Å²) in [6.07, 6.45) is 1.65. The molecule has 2 atom stereocenters. The van der Waals surface area contributed by atoms with Gasteiger partial charge in [-0.15, -0.1) is 0 Å². The first kappa shape index (κ1) is 19.0. The van der Waals surface area contributed by atoms with Crippen LogP contribution in [0, 0.1) is 0 Å². The van der Waals surface area contributed by atoms with Crippen molar-refractivity contribution in [3.8, 4) is 5.75 Å². The number of benzene rings is 2. The van der Waals surface area contributed by atoms with E-state index in [2.05, 4.69) is 11.4 Å². The lowest BCUT2D eigenvalue weighted by Crippen LogP contribution is -2.36. The quantitative estimate of drug-likeness (QED) is 0.688. The number of likely N-dealkylation sites (N-methyl/N-ethyl adjacent to an activating group) is 1. The standard InChI is InChI=1S/C22H26N2O3/c1-15(16-7-8-18-13-19(26-4)10-9-17(18)12-16)22(25)23-14-20(24(2)3)21-6-5-11-27-21/h5-13,15,20H,14H2,1-4H3,(H,23,25)/t15-,20?/m0/s1. The number of amides is 1. The molecule has 5 heteroatoms. The van der Waals surface area contributed by atoms with Crippen molar-refractivity contribution in [1.82, 2.24) is 10.2 Å². The van der Waals surface area contributed by atoms with Gasteiger partial charge in [-0.05, 0) is 61.6 Å². The van der Waals surface area contributed by atoms with E-state index in [0.717, 1.165) is 27.8 Å². The van der Waals surface area contributed by atoms with Crippen molar-refractivity contribution in [2.45, 2.75) is 18.9 Å². The summed E-state index contributed by atoms with van der Waals surface area (Å²) < 4.78 is 10.8. The third kappa shape index (κ3) is 4.31. The van der Waals surface area contributed by atoms with Gasteiger partial charge in [0.05, 0.1) is 25.3 Å². The third-order valence-electron chi connectivity index (χ3n) is 4.93. The molecule has 0 aliphatic heterocycles. The maximum absolute atomic E-state index is 12.7. The van der Waals surface area contributed by atoms with Gasteiger partial charge in [0.15, 0.2) is 0 Å². The first-order valence-electron chi connectivity index (χ1n) is 9.05. The number of hydrogen-bond acceptors (Lipinski definition) is 4. The molecule has 1 unspecified atom stereocenters. The highest BCUT2D eigenvalue weighted by Crippen LogP contribution is 2.25. The van der Waals surface area contributed by atoms with Gasteiger partial charge in [-0.1, -0.05) is 24.3 Å². The number of carbonyl (C=O) groups is 1. The number of fused-ring (bicyclic) bond motifs is 1. The van der Waals surface area contributed by atoms with Crippen LogP contribution in [0.25, 0.3) is 10.8 Å². The van der Waals surface area contributed by atoms with Crippen molar-refractivity contribution >= 4 is 16.7 Å². The second kappa shape index (κ2) is 8.27. The van der Waals surface area contributed by atoms with E-state index < -0.39 is 0 Å². The summed E-state index contributed by atoms with van der Waals surface area (Å²) in [6.45, 7) is 2.42. The average Bonchev–Trinajstić information content (AvgIpc) is 3.20. The number of nitrogens with one attached hydrogen (secondary N) is 1. The maximum atomic E-state index is 12.7. The number of furan rings is 1. The Kier molecular flexibility index (Phi) is 5.81. The summed E-state index contributed by atoms with van der Waals surface area (Å²) in [5.41, 5.74) is 0.990. The van der Waals surface area contributed by atoms with Gasteiger partial charge in [0, 0.05) is 6.54 Å². The Hall–Kier alpha value is -2.79. The fraction of sp³-hybridized carbons (Fsp3) is 0.318. The molecule has 5 nitrogen and oxygen atoms in total. The molecule has 0 bridgehead atoms. The Morgan fingerprint density at radius 1 is 1.15 bits per heavy atom. The van der Waals surface area contributed by atoms with Gasteiger partial charge in [-0.3, -0.25) is 9.69 Å². The maximum Gasteiger partial charge on any atom is 0.227 e. The molecule has 3 rings (SSSR count). The van der Waals surface area contributed by atoms with Crippen molar-refractivity contribution in [3.05, 3.63) is 66.1 Å². The summed E-state index contributed by atoms with van der Waals surface area (Å²) in [5, 5.41) is 5.24. The minimum Gasteiger partial charge on any atom is -0.497 e. The topological polar surface area (TPSA) is 54.7 Å². The molecule has 0 saturated heterocycles. The number of carbonyl (C=O) groups excluding carboxylic acids is 1. The van der Waals surface area contributed by atoms with E-state index in [-0.39, 0.29) is 17.9 Å². The molecular weight excluding hydrogens is 340 g/mol. The summed E-state index contributed by atoms with van der Waals surface area (Å²) in [5.74, 6) is 1.43. The van der Waals surface area contributed by atoms with Gasteiger partial charge in [0.1, 0.15) is 11.5 Å². The molecule has 142 valence electrons. The predicted octanol–water partition coefficient (Wildman–Crippen LogP) is 3.96. The zero-order valence-corrected chi connectivity index (χ0v) is 16.2. The van der Waals surface area contributed by atoms with Crippen LogP contribution in [0.5, 0.6) is 5.75 Å². The number of hydrogen-bond donors (Lipinski definition) is 1. The van der Waals surface area contributed by atoms with Crippen LogP contribution in [0.2, 0.25) is 0 Å². The normalized spacial score (nSPS) is 13.5. The van der Waals surface area contributed by atoms with E-state index in [9.17, 15) is 4.79 Å². The Labute approximate surface area is 159 Å². The van der Waals surface area contributed by atoms with Gasteiger partial charge in [-0.25, -0.2) is 0 Å². The zero-order valence-electron chi connectivity index (χ0n) is 16.2. The molecule has 1 N–H and O–H groups in total. The molecule has 27 heavy (non-hydrogen) atoms. The Morgan fingerprint density at radius 3 is 2.56 bits per heavy atom. The van der Waals surface area contributed by atoms with Crippen LogP contribution in [-0.2, 0) is 4.79 Å². The van der Waals surface area contributed by atoms with Crippen molar-refractivity contribution < 1.29 is 13.9 Å². The molecule has 3 aromatic rings. The molecule has 0 aliphatic rings. The van der Waals surface area contributed by atoms with Gasteiger partial charge < -0.3 is 14.5 Å².